The highest BCUT2D eigenvalue weighted by atomic mass is 35.5. The highest BCUT2D eigenvalue weighted by Gasteiger charge is 2.43. The van der Waals surface area contributed by atoms with Gasteiger partial charge >= 0.3 is 6.01 Å². The fourth-order valence-corrected chi connectivity index (χ4v) is 7.76. The predicted molar refractivity (Wildman–Crippen MR) is 183 cm³/mol. The van der Waals surface area contributed by atoms with E-state index in [4.69, 9.17) is 31.0 Å². The summed E-state index contributed by atoms with van der Waals surface area (Å²) in [5.41, 5.74) is 2.35. The van der Waals surface area contributed by atoms with Gasteiger partial charge in [-0.25, -0.2) is 8.78 Å². The molecule has 2 atom stereocenters. The van der Waals surface area contributed by atoms with Crippen LogP contribution in [0.4, 0.5) is 20.3 Å². The lowest BCUT2D eigenvalue weighted by molar-refractivity contribution is -0.143. The van der Waals surface area contributed by atoms with E-state index in [1.54, 1.807) is 6.07 Å². The van der Waals surface area contributed by atoms with Crippen molar-refractivity contribution in [3.63, 3.8) is 0 Å². The fraction of sp³-hybridized carbons (Fsp3) is 0.500. The number of hydrogen-bond acceptors (Lipinski definition) is 9. The van der Waals surface area contributed by atoms with Crippen molar-refractivity contribution in [1.29, 1.82) is 5.26 Å². The molecule has 2 saturated heterocycles. The summed E-state index contributed by atoms with van der Waals surface area (Å²) < 4.78 is 40.7. The molecule has 13 heteroatoms. The molecule has 10 nitrogen and oxygen atoms in total. The summed E-state index contributed by atoms with van der Waals surface area (Å²) in [7, 11) is 2.15. The Bertz CT molecular complexity index is 1830. The molecule has 0 spiro atoms. The Kier molecular flexibility index (Phi) is 9.11. The van der Waals surface area contributed by atoms with Gasteiger partial charge in [-0.15, -0.1) is 0 Å². The summed E-state index contributed by atoms with van der Waals surface area (Å²) in [5.74, 6) is -1.65. The van der Waals surface area contributed by atoms with Crippen LogP contribution in [0.25, 0.3) is 10.8 Å². The van der Waals surface area contributed by atoms with Gasteiger partial charge in [0.25, 0.3) is 5.91 Å². The SMILES string of the molecule is C=C(F)C(=O)N1CCN(c2nc(OCC3(CN(C)C4CC4)COC3)nc3c2C[C@@H](C)N(c2cccc4ccc(F)c(Cl)c24)C3)CC1CC#N. The standard InChI is InChI=1S/C36H40ClF2N7O3/c1-22-15-27-29(17-46(22)30-6-4-5-24-7-10-28(39)32(37)31(24)30)41-35(49-21-36(19-48-20-36)18-43(3)25-8-9-25)42-33(27)44-13-14-45(34(47)23(2)38)26(16-44)11-12-40/h4-7,10,22,25-26H,2,8-9,11,13-21H2,1,3H3/t22-,26?/m1/s1. The minimum atomic E-state index is -1.05. The van der Waals surface area contributed by atoms with Crippen molar-refractivity contribution in [1.82, 2.24) is 19.8 Å². The van der Waals surface area contributed by atoms with Gasteiger partial charge < -0.3 is 29.1 Å². The second kappa shape index (κ2) is 13.3. The van der Waals surface area contributed by atoms with Crippen LogP contribution < -0.4 is 14.5 Å². The third kappa shape index (κ3) is 6.52. The van der Waals surface area contributed by atoms with Crippen LogP contribution in [0.2, 0.25) is 5.02 Å². The number of rotatable bonds is 10. The summed E-state index contributed by atoms with van der Waals surface area (Å²) in [6.45, 7) is 8.99. The number of aromatic nitrogens is 2. The Morgan fingerprint density at radius 1 is 1.24 bits per heavy atom. The molecule has 1 aliphatic carbocycles. The third-order valence-corrected chi connectivity index (χ3v) is 10.7. The Hall–Kier alpha value is -4.05. The molecular formula is C36H40ClF2N7O3. The number of anilines is 2. The molecule has 4 aliphatic rings. The minimum absolute atomic E-state index is 0.0335. The number of piperazine rings is 1. The molecule has 3 aromatic rings. The van der Waals surface area contributed by atoms with E-state index in [1.165, 1.54) is 23.8 Å². The summed E-state index contributed by atoms with van der Waals surface area (Å²) in [5, 5.41) is 11.2. The number of ether oxygens (including phenoxy) is 2. The number of benzene rings is 2. The molecule has 1 amide bonds. The lowest BCUT2D eigenvalue weighted by Gasteiger charge is -2.44. The summed E-state index contributed by atoms with van der Waals surface area (Å²) in [6.07, 6.45) is 3.02. The Labute approximate surface area is 289 Å². The van der Waals surface area contributed by atoms with E-state index in [9.17, 15) is 18.8 Å². The number of fused-ring (bicyclic) bond motifs is 2. The monoisotopic (exact) mass is 691 g/mol. The van der Waals surface area contributed by atoms with Crippen molar-refractivity contribution < 1.29 is 23.0 Å². The van der Waals surface area contributed by atoms with Gasteiger partial charge in [0.05, 0.1) is 54.4 Å². The third-order valence-electron chi connectivity index (χ3n) is 10.3. The minimum Gasteiger partial charge on any atom is -0.463 e. The van der Waals surface area contributed by atoms with Gasteiger partial charge in [0, 0.05) is 54.9 Å². The Morgan fingerprint density at radius 2 is 2.04 bits per heavy atom. The molecule has 258 valence electrons. The maximum absolute atomic E-state index is 14.7. The molecular weight excluding hydrogens is 652 g/mol. The van der Waals surface area contributed by atoms with Gasteiger partial charge in [-0.3, -0.25) is 4.79 Å². The number of carbonyl (C=O) groups is 1. The quantitative estimate of drug-likeness (QED) is 0.263. The first-order valence-corrected chi connectivity index (χ1v) is 17.2. The van der Waals surface area contributed by atoms with Crippen LogP contribution >= 0.6 is 11.6 Å². The Morgan fingerprint density at radius 3 is 2.73 bits per heavy atom. The second-order valence-corrected chi connectivity index (χ2v) is 14.3. The number of nitriles is 1. The molecule has 0 N–H and O–H groups in total. The zero-order valence-corrected chi connectivity index (χ0v) is 28.6. The maximum Gasteiger partial charge on any atom is 0.318 e. The average molecular weight is 692 g/mol. The van der Waals surface area contributed by atoms with E-state index in [1.807, 2.05) is 18.2 Å². The van der Waals surface area contributed by atoms with E-state index in [0.29, 0.717) is 56.6 Å². The molecule has 3 fully saturated rings. The summed E-state index contributed by atoms with van der Waals surface area (Å²) in [6, 6.07) is 11.3. The number of carbonyl (C=O) groups excluding carboxylic acids is 1. The smallest absolute Gasteiger partial charge is 0.318 e. The molecule has 1 saturated carbocycles. The van der Waals surface area contributed by atoms with Crippen LogP contribution in [0, 0.1) is 22.6 Å². The number of nitrogens with zero attached hydrogens (tertiary/aromatic N) is 7. The first-order chi connectivity index (χ1) is 23.6. The zero-order chi connectivity index (χ0) is 34.4. The molecule has 3 aliphatic heterocycles. The lowest BCUT2D eigenvalue weighted by atomic mass is 9.86. The summed E-state index contributed by atoms with van der Waals surface area (Å²) in [4.78, 5) is 30.6. The van der Waals surface area contributed by atoms with Crippen LogP contribution in [-0.2, 0) is 22.5 Å². The van der Waals surface area contributed by atoms with Crippen molar-refractivity contribution in [3.8, 4) is 12.1 Å². The molecule has 1 unspecified atom stereocenters. The van der Waals surface area contributed by atoms with Gasteiger partial charge in [-0.2, -0.15) is 15.2 Å². The van der Waals surface area contributed by atoms with Crippen molar-refractivity contribution in [2.45, 2.75) is 57.3 Å². The summed E-state index contributed by atoms with van der Waals surface area (Å²) >= 11 is 6.56. The van der Waals surface area contributed by atoms with Crippen molar-refractivity contribution in [2.24, 2.45) is 5.41 Å². The van der Waals surface area contributed by atoms with Gasteiger partial charge in [0.1, 0.15) is 18.2 Å². The van der Waals surface area contributed by atoms with E-state index >= 15 is 0 Å². The van der Waals surface area contributed by atoms with E-state index < -0.39 is 23.6 Å². The van der Waals surface area contributed by atoms with Crippen molar-refractivity contribution >= 4 is 39.8 Å². The maximum atomic E-state index is 14.7. The second-order valence-electron chi connectivity index (χ2n) is 14.0. The number of halogens is 3. The van der Waals surface area contributed by atoms with Crippen LogP contribution in [0.1, 0.15) is 37.4 Å². The highest BCUT2D eigenvalue weighted by molar-refractivity contribution is 6.36. The molecule has 2 aromatic carbocycles. The van der Waals surface area contributed by atoms with Gasteiger partial charge in [0.2, 0.25) is 0 Å². The molecule has 1 aromatic heterocycles. The van der Waals surface area contributed by atoms with Gasteiger partial charge in [-0.1, -0.05) is 36.4 Å². The van der Waals surface area contributed by atoms with Gasteiger partial charge in [-0.05, 0) is 50.8 Å². The number of hydrogen-bond donors (Lipinski definition) is 0. The van der Waals surface area contributed by atoms with E-state index in [-0.39, 0.29) is 42.0 Å². The lowest BCUT2D eigenvalue weighted by Crippen LogP contribution is -2.56. The first kappa shape index (κ1) is 33.4. The topological polar surface area (TPSA) is 98.1 Å². The van der Waals surface area contributed by atoms with Crippen LogP contribution in [0.3, 0.4) is 0 Å². The van der Waals surface area contributed by atoms with E-state index in [0.717, 1.165) is 28.9 Å². The zero-order valence-electron chi connectivity index (χ0n) is 27.8. The van der Waals surface area contributed by atoms with E-state index in [2.05, 4.69) is 41.3 Å². The predicted octanol–water partition coefficient (Wildman–Crippen LogP) is 5.28. The highest BCUT2D eigenvalue weighted by Crippen LogP contribution is 2.41. The Balaban J connectivity index is 1.24. The normalized spacial score (nSPS) is 21.7. The fourth-order valence-electron chi connectivity index (χ4n) is 7.49. The molecule has 4 heterocycles. The molecule has 0 bridgehead atoms. The van der Waals surface area contributed by atoms with Crippen LogP contribution in [0.15, 0.2) is 42.7 Å². The van der Waals surface area contributed by atoms with Crippen LogP contribution in [0.5, 0.6) is 6.01 Å². The first-order valence-electron chi connectivity index (χ1n) is 16.8. The average Bonchev–Trinajstić information content (AvgIpc) is 3.93. The molecule has 7 rings (SSSR count). The number of amides is 1. The van der Waals surface area contributed by atoms with Gasteiger partial charge in [0.15, 0.2) is 5.83 Å². The van der Waals surface area contributed by atoms with Crippen LogP contribution in [-0.4, -0.2) is 96.8 Å². The van der Waals surface area contributed by atoms with Crippen molar-refractivity contribution in [3.05, 3.63) is 64.8 Å². The molecule has 49 heavy (non-hydrogen) atoms. The van der Waals surface area contributed by atoms with Crippen molar-refractivity contribution in [2.75, 3.05) is 62.8 Å². The largest absolute Gasteiger partial charge is 0.463 e. The molecule has 0 radical (unpaired) electrons.